The van der Waals surface area contributed by atoms with Crippen molar-refractivity contribution >= 4 is 12.2 Å². The lowest BCUT2D eigenvalue weighted by atomic mass is 10.0. The molecule has 360 valence electrons. The van der Waals surface area contributed by atoms with E-state index in [4.69, 9.17) is 18.9 Å². The number of hydrogen-bond acceptors (Lipinski definition) is 8. The van der Waals surface area contributed by atoms with E-state index in [0.29, 0.717) is 63.8 Å². The van der Waals surface area contributed by atoms with Crippen LogP contribution in [0.15, 0.2) is 97.1 Å². The third-order valence-corrected chi connectivity index (χ3v) is 11.5. The minimum atomic E-state index is -1.17. The fraction of sp³-hybridized carbons (Fsp3) is 0.500. The molecule has 6 rings (SSSR count). The van der Waals surface area contributed by atoms with Gasteiger partial charge in [0, 0.05) is 52.1 Å². The van der Waals surface area contributed by atoms with Crippen LogP contribution in [0.1, 0.15) is 62.8 Å². The molecule has 2 heterocycles. The first-order valence-electron chi connectivity index (χ1n) is 23.1. The molecule has 10 nitrogen and oxygen atoms in total. The second-order valence-corrected chi connectivity index (χ2v) is 18.2. The van der Waals surface area contributed by atoms with Gasteiger partial charge in [0.15, 0.2) is 0 Å². The molecule has 2 aliphatic heterocycles. The molecule has 4 aromatic carbocycles. The molecule has 0 unspecified atom stereocenters. The van der Waals surface area contributed by atoms with Gasteiger partial charge in [0.1, 0.15) is 35.5 Å². The molecular weight excluding hydrogens is 853 g/mol. The molecule has 4 atom stereocenters. The molecule has 2 amide bonds. The van der Waals surface area contributed by atoms with Crippen LogP contribution in [0.5, 0.6) is 11.5 Å². The lowest BCUT2D eigenvalue weighted by molar-refractivity contribution is 0.0263. The summed E-state index contributed by atoms with van der Waals surface area (Å²) in [5.74, 6) is 1.83. The fourth-order valence-corrected chi connectivity index (χ4v) is 7.71. The van der Waals surface area contributed by atoms with E-state index in [0.717, 1.165) is 33.8 Å². The third-order valence-electron chi connectivity index (χ3n) is 11.5. The number of alkyl halides is 2. The zero-order valence-corrected chi connectivity index (χ0v) is 39.4. The van der Waals surface area contributed by atoms with Crippen LogP contribution in [-0.2, 0) is 35.4 Å². The smallest absolute Gasteiger partial charge is 0.410 e. The predicted molar refractivity (Wildman–Crippen MR) is 249 cm³/mol. The Morgan fingerprint density at radius 1 is 0.561 bits per heavy atom. The van der Waals surface area contributed by atoms with Crippen LogP contribution in [0.4, 0.5) is 27.2 Å². The molecule has 0 N–H and O–H groups in total. The van der Waals surface area contributed by atoms with Crippen LogP contribution >= 0.6 is 0 Å². The topological polar surface area (TPSA) is 84.0 Å². The van der Waals surface area contributed by atoms with Crippen molar-refractivity contribution in [3.63, 3.8) is 0 Å². The normalized spacial score (nSPS) is 18.8. The van der Waals surface area contributed by atoms with E-state index < -0.39 is 36.6 Å². The summed E-state index contributed by atoms with van der Waals surface area (Å²) in [5.41, 5.74) is 3.51. The van der Waals surface area contributed by atoms with Gasteiger partial charge in [-0.25, -0.2) is 27.2 Å². The van der Waals surface area contributed by atoms with Gasteiger partial charge in [-0.2, -0.15) is 0 Å². The van der Waals surface area contributed by atoms with Crippen molar-refractivity contribution in [2.24, 2.45) is 11.8 Å². The molecule has 0 spiro atoms. The summed E-state index contributed by atoms with van der Waals surface area (Å²) < 4.78 is 78.8. The van der Waals surface area contributed by atoms with E-state index >= 15 is 0 Å². The molecule has 2 aliphatic rings. The van der Waals surface area contributed by atoms with E-state index in [1.54, 1.807) is 24.3 Å². The van der Waals surface area contributed by atoms with Crippen molar-refractivity contribution in [2.75, 3.05) is 66.7 Å². The Hall–Kier alpha value is -5.34. The maximum Gasteiger partial charge on any atom is 0.410 e. The highest BCUT2D eigenvalue weighted by atomic mass is 19.1. The molecule has 0 aliphatic carbocycles. The number of carbonyl (C=O) groups excluding carboxylic acids is 2. The lowest BCUT2D eigenvalue weighted by Crippen LogP contribution is -2.53. The standard InChI is InChI=1S/2C26H34F2N2O3/c2*1-19(2)18-33-23-10-6-20(7-11-23)13-15-32-26(31)30(16-21-4-8-22(27)9-5-21)25-12-14-29(3)17-24(25)28/h2*4-11,19,24-25H,12-18H2,1-3H3/t2*24-,25+/m10/s1. The summed E-state index contributed by atoms with van der Waals surface area (Å²) in [6.07, 6.45) is -1.30. The highest BCUT2D eigenvalue weighted by Gasteiger charge is 2.37. The zero-order chi connectivity index (χ0) is 47.6. The van der Waals surface area contributed by atoms with E-state index in [-0.39, 0.29) is 51.0 Å². The Morgan fingerprint density at radius 3 is 1.21 bits per heavy atom. The summed E-state index contributed by atoms with van der Waals surface area (Å²) in [6, 6.07) is 26.1. The zero-order valence-electron chi connectivity index (χ0n) is 39.4. The first-order valence-corrected chi connectivity index (χ1v) is 23.1. The maximum absolute atomic E-state index is 14.9. The number of ether oxygens (including phenoxy) is 4. The van der Waals surface area contributed by atoms with Gasteiger partial charge in [-0.1, -0.05) is 76.2 Å². The molecule has 4 aromatic rings. The Labute approximate surface area is 388 Å². The van der Waals surface area contributed by atoms with Gasteiger partial charge in [-0.15, -0.1) is 0 Å². The quantitative estimate of drug-likeness (QED) is 0.0913. The number of carbonyl (C=O) groups is 2. The van der Waals surface area contributed by atoms with Crippen molar-refractivity contribution in [1.82, 2.24) is 19.6 Å². The number of nitrogens with zero attached hydrogens (tertiary/aromatic N) is 4. The van der Waals surface area contributed by atoms with Crippen LogP contribution in [0, 0.1) is 23.5 Å². The summed E-state index contributed by atoms with van der Waals surface area (Å²) in [6.45, 7) is 12.4. The molecule has 0 aromatic heterocycles. The summed E-state index contributed by atoms with van der Waals surface area (Å²) in [7, 11) is 3.73. The fourth-order valence-electron chi connectivity index (χ4n) is 7.71. The second kappa shape index (κ2) is 26.1. The number of likely N-dealkylation sites (tertiary alicyclic amines) is 2. The molecule has 0 radical (unpaired) electrons. The highest BCUT2D eigenvalue weighted by Crippen LogP contribution is 2.25. The average molecular weight is 921 g/mol. The Balaban J connectivity index is 0.000000247. The molecule has 0 saturated carbocycles. The van der Waals surface area contributed by atoms with Crippen molar-refractivity contribution in [3.05, 3.63) is 131 Å². The Morgan fingerprint density at radius 2 is 0.894 bits per heavy atom. The number of halogens is 4. The van der Waals surface area contributed by atoms with E-state index in [1.807, 2.05) is 72.4 Å². The van der Waals surface area contributed by atoms with Crippen LogP contribution in [-0.4, -0.2) is 123 Å². The van der Waals surface area contributed by atoms with Crippen LogP contribution in [0.25, 0.3) is 0 Å². The number of hydrogen-bond donors (Lipinski definition) is 0. The van der Waals surface area contributed by atoms with Gasteiger partial charge in [0.2, 0.25) is 0 Å². The first kappa shape index (κ1) is 51.6. The molecular formula is C52H68F4N4O6. The number of amides is 2. The first-order chi connectivity index (χ1) is 31.6. The summed E-state index contributed by atoms with van der Waals surface area (Å²) >= 11 is 0. The van der Waals surface area contributed by atoms with E-state index in [9.17, 15) is 27.2 Å². The van der Waals surface area contributed by atoms with Crippen molar-refractivity contribution < 1.29 is 46.1 Å². The number of benzene rings is 4. The second-order valence-electron chi connectivity index (χ2n) is 18.2. The number of rotatable bonds is 18. The van der Waals surface area contributed by atoms with Crippen LogP contribution in [0.3, 0.4) is 0 Å². The highest BCUT2D eigenvalue weighted by molar-refractivity contribution is 5.69. The van der Waals surface area contributed by atoms with Gasteiger partial charge >= 0.3 is 12.2 Å². The van der Waals surface area contributed by atoms with Gasteiger partial charge in [0.25, 0.3) is 0 Å². The maximum atomic E-state index is 14.9. The number of piperidine rings is 2. The molecule has 14 heteroatoms. The third kappa shape index (κ3) is 17.1. The van der Waals surface area contributed by atoms with Crippen LogP contribution < -0.4 is 9.47 Å². The van der Waals surface area contributed by atoms with E-state index in [1.165, 1.54) is 34.1 Å². The molecule has 66 heavy (non-hydrogen) atoms. The summed E-state index contributed by atoms with van der Waals surface area (Å²) in [4.78, 5) is 32.7. The van der Waals surface area contributed by atoms with Crippen molar-refractivity contribution in [1.29, 1.82) is 0 Å². The van der Waals surface area contributed by atoms with Gasteiger partial charge in [-0.3, -0.25) is 9.80 Å². The lowest BCUT2D eigenvalue weighted by Gasteiger charge is -2.39. The minimum Gasteiger partial charge on any atom is -0.493 e. The van der Waals surface area contributed by atoms with Crippen molar-refractivity contribution in [2.45, 2.75) is 90.9 Å². The predicted octanol–water partition coefficient (Wildman–Crippen LogP) is 10.2. The molecule has 2 saturated heterocycles. The van der Waals surface area contributed by atoms with Gasteiger partial charge in [0.05, 0.1) is 38.5 Å². The Kier molecular flexibility index (Phi) is 20.4. The molecule has 2 fully saturated rings. The largest absolute Gasteiger partial charge is 0.493 e. The average Bonchev–Trinajstić information content (AvgIpc) is 3.28. The summed E-state index contributed by atoms with van der Waals surface area (Å²) in [5, 5.41) is 0. The SMILES string of the molecule is CC(C)COc1ccc(CCOC(=O)N(Cc2ccc(F)cc2)[C@@H]2CCN(C)C[C@@H]2F)cc1.CC(C)COc1ccc(CCOC(=O)N(Cc2ccc(F)cc2)[C@H]2CCN(C)C[C@H]2F)cc1. The van der Waals surface area contributed by atoms with Gasteiger partial charge < -0.3 is 28.7 Å². The minimum absolute atomic E-state index is 0.176. The monoisotopic (exact) mass is 921 g/mol. The Bertz CT molecular complexity index is 1900. The van der Waals surface area contributed by atoms with E-state index in [2.05, 4.69) is 27.7 Å². The van der Waals surface area contributed by atoms with Crippen LogP contribution in [0.2, 0.25) is 0 Å². The molecule has 0 bridgehead atoms. The van der Waals surface area contributed by atoms with Crippen molar-refractivity contribution in [3.8, 4) is 11.5 Å². The van der Waals surface area contributed by atoms with Gasteiger partial charge in [-0.05, 0) is 110 Å².